The van der Waals surface area contributed by atoms with Crippen LogP contribution >= 0.6 is 0 Å². The van der Waals surface area contributed by atoms with E-state index in [1.54, 1.807) is 14.0 Å². The maximum Gasteiger partial charge on any atom is 0.202 e. The van der Waals surface area contributed by atoms with Gasteiger partial charge >= 0.3 is 0 Å². The molecule has 14 nitrogen and oxygen atoms in total. The Labute approximate surface area is 277 Å². The van der Waals surface area contributed by atoms with Gasteiger partial charge in [0.15, 0.2) is 24.1 Å². The van der Waals surface area contributed by atoms with Crippen molar-refractivity contribution < 1.29 is 58.1 Å². The van der Waals surface area contributed by atoms with Crippen LogP contribution in [0.2, 0.25) is 0 Å². The molecular weight excluding hydrogens is 628 g/mol. The second-order valence-electron chi connectivity index (χ2n) is 13.1. The van der Waals surface area contributed by atoms with Crippen molar-refractivity contribution in [3.05, 3.63) is 51.6 Å². The van der Waals surface area contributed by atoms with E-state index in [4.69, 9.17) is 39.9 Å². The van der Waals surface area contributed by atoms with Gasteiger partial charge in [0.1, 0.15) is 29.0 Å². The van der Waals surface area contributed by atoms with E-state index in [2.05, 4.69) is 0 Å². The monoisotopic (exact) mass is 670 g/mol. The number of hydrogen-bond donors (Lipinski definition) is 5. The smallest absolute Gasteiger partial charge is 0.202 e. The zero-order chi connectivity index (χ0) is 34.8. The summed E-state index contributed by atoms with van der Waals surface area (Å²) in [6.07, 6.45) is -5.01. The van der Waals surface area contributed by atoms with Gasteiger partial charge in [-0.3, -0.25) is 14.4 Å². The molecule has 2 aliphatic heterocycles. The molecule has 2 saturated heterocycles. The predicted octanol–water partition coefficient (Wildman–Crippen LogP) is 1.53. The molecule has 0 aromatic heterocycles. The Kier molecular flexibility index (Phi) is 9.15. The number of aromatic hydroxyl groups is 2. The van der Waals surface area contributed by atoms with Crippen molar-refractivity contribution in [2.75, 3.05) is 14.2 Å². The minimum Gasteiger partial charge on any atom is -0.507 e. The van der Waals surface area contributed by atoms with Gasteiger partial charge in [0.2, 0.25) is 5.78 Å². The van der Waals surface area contributed by atoms with Crippen molar-refractivity contribution >= 4 is 17.3 Å². The summed E-state index contributed by atoms with van der Waals surface area (Å²) < 4.78 is 35.4. The van der Waals surface area contributed by atoms with Gasteiger partial charge in [0.25, 0.3) is 0 Å². The quantitative estimate of drug-likeness (QED) is 0.225. The number of rotatable bonds is 7. The minimum atomic E-state index is -2.03. The normalized spacial score (nSPS) is 34.6. The summed E-state index contributed by atoms with van der Waals surface area (Å²) in [5, 5.41) is 34.7. The first-order valence-electron chi connectivity index (χ1n) is 16.0. The van der Waals surface area contributed by atoms with E-state index < -0.39 is 88.9 Å². The van der Waals surface area contributed by atoms with E-state index in [0.29, 0.717) is 6.42 Å². The van der Waals surface area contributed by atoms with Crippen molar-refractivity contribution in [1.82, 2.24) is 0 Å². The maximum absolute atomic E-state index is 13.9. The number of methoxy groups -OCH3 is 2. The van der Waals surface area contributed by atoms with E-state index in [0.717, 1.165) is 0 Å². The SMILES string of the molecule is COc1cccc2c1C(=O)c1c(O)c3c(c(O)c1C2=O)C[C@@](O)(C(C)=O)C[C@@H]3OC1CC(N)C(OC2CC(N)C(OC)C(C)O2)C(C)O1. The van der Waals surface area contributed by atoms with Gasteiger partial charge in [0.05, 0.1) is 48.2 Å². The number of phenolic OH excluding ortho intramolecular Hbond substituents is 2. The largest absolute Gasteiger partial charge is 0.507 e. The van der Waals surface area contributed by atoms with Crippen LogP contribution in [0, 0.1) is 0 Å². The second-order valence-corrected chi connectivity index (χ2v) is 13.1. The van der Waals surface area contributed by atoms with E-state index in [1.807, 2.05) is 6.92 Å². The number of fused-ring (bicyclic) bond motifs is 3. The Morgan fingerprint density at radius 3 is 2.08 bits per heavy atom. The highest BCUT2D eigenvalue weighted by Gasteiger charge is 2.50. The minimum absolute atomic E-state index is 0.0177. The zero-order valence-electron chi connectivity index (χ0n) is 27.4. The fourth-order valence-electron chi connectivity index (χ4n) is 7.57. The van der Waals surface area contributed by atoms with Gasteiger partial charge in [-0.15, -0.1) is 0 Å². The highest BCUT2D eigenvalue weighted by molar-refractivity contribution is 6.31. The molecule has 48 heavy (non-hydrogen) atoms. The number of nitrogens with two attached hydrogens (primary N) is 2. The fourth-order valence-corrected chi connectivity index (χ4v) is 7.57. The van der Waals surface area contributed by atoms with Crippen LogP contribution in [0.25, 0.3) is 0 Å². The molecule has 4 aliphatic rings. The van der Waals surface area contributed by atoms with Crippen LogP contribution in [0.1, 0.15) is 89.1 Å². The topological polar surface area (TPSA) is 219 Å². The number of ketones is 3. The number of Topliss-reactive ketones (excluding diaryl/α,β-unsaturated/α-hetero) is 1. The Bertz CT molecular complexity index is 1620. The van der Waals surface area contributed by atoms with Crippen LogP contribution in [0.5, 0.6) is 17.2 Å². The first kappa shape index (κ1) is 34.4. The average molecular weight is 671 g/mol. The first-order chi connectivity index (χ1) is 22.7. The summed E-state index contributed by atoms with van der Waals surface area (Å²) in [6, 6.07) is 3.53. The zero-order valence-corrected chi connectivity index (χ0v) is 27.4. The number of benzene rings is 2. The number of phenols is 2. The summed E-state index contributed by atoms with van der Waals surface area (Å²) in [6.45, 7) is 4.79. The van der Waals surface area contributed by atoms with E-state index in [-0.39, 0.29) is 59.1 Å². The number of aliphatic hydroxyl groups is 1. The average Bonchev–Trinajstić information content (AvgIpc) is 3.02. The molecule has 8 unspecified atom stereocenters. The summed E-state index contributed by atoms with van der Waals surface area (Å²) in [4.78, 5) is 40.3. The lowest BCUT2D eigenvalue weighted by Crippen LogP contribution is -2.58. The van der Waals surface area contributed by atoms with Crippen LogP contribution in [0.4, 0.5) is 0 Å². The summed E-state index contributed by atoms with van der Waals surface area (Å²) >= 11 is 0. The molecule has 2 aliphatic carbocycles. The molecule has 10 atom stereocenters. The Morgan fingerprint density at radius 2 is 1.50 bits per heavy atom. The molecule has 0 amide bonds. The van der Waals surface area contributed by atoms with Crippen LogP contribution < -0.4 is 16.2 Å². The summed E-state index contributed by atoms with van der Waals surface area (Å²) in [7, 11) is 2.92. The van der Waals surface area contributed by atoms with Gasteiger partial charge in [-0.1, -0.05) is 12.1 Å². The number of carbonyl (C=O) groups is 3. The molecule has 2 heterocycles. The summed E-state index contributed by atoms with van der Waals surface area (Å²) in [5.41, 5.74) is 9.77. The van der Waals surface area contributed by atoms with E-state index in [1.165, 1.54) is 32.2 Å². The molecule has 14 heteroatoms. The molecule has 2 aromatic rings. The van der Waals surface area contributed by atoms with Crippen molar-refractivity contribution in [3.8, 4) is 17.2 Å². The molecule has 0 spiro atoms. The summed E-state index contributed by atoms with van der Waals surface area (Å²) in [5.74, 6) is -3.19. The fraction of sp³-hybridized carbons (Fsp3) is 0.559. The second kappa shape index (κ2) is 12.8. The lowest BCUT2D eigenvalue weighted by Gasteiger charge is -2.45. The first-order valence-corrected chi connectivity index (χ1v) is 16.0. The van der Waals surface area contributed by atoms with Crippen molar-refractivity contribution in [2.24, 2.45) is 11.5 Å². The van der Waals surface area contributed by atoms with Crippen LogP contribution in [-0.4, -0.2) is 102 Å². The lowest BCUT2D eigenvalue weighted by molar-refractivity contribution is -0.295. The Hall–Kier alpha value is -3.47. The maximum atomic E-state index is 13.9. The van der Waals surface area contributed by atoms with E-state index >= 15 is 0 Å². The van der Waals surface area contributed by atoms with Crippen molar-refractivity contribution in [2.45, 2.75) is 107 Å². The van der Waals surface area contributed by atoms with Gasteiger partial charge < -0.3 is 55.2 Å². The molecule has 0 bridgehead atoms. The van der Waals surface area contributed by atoms with Crippen molar-refractivity contribution in [1.29, 1.82) is 0 Å². The highest BCUT2D eigenvalue weighted by atomic mass is 16.7. The van der Waals surface area contributed by atoms with Crippen LogP contribution in [-0.2, 0) is 34.9 Å². The molecule has 2 fully saturated rings. The van der Waals surface area contributed by atoms with Gasteiger partial charge in [-0.2, -0.15) is 0 Å². The van der Waals surface area contributed by atoms with E-state index in [9.17, 15) is 29.7 Å². The number of hydrogen-bond acceptors (Lipinski definition) is 14. The third-order valence-electron chi connectivity index (χ3n) is 10.1. The van der Waals surface area contributed by atoms with Crippen molar-refractivity contribution in [3.63, 3.8) is 0 Å². The molecule has 0 radical (unpaired) electrons. The van der Waals surface area contributed by atoms with Gasteiger partial charge in [-0.05, 0) is 26.8 Å². The molecule has 260 valence electrons. The third-order valence-corrected chi connectivity index (χ3v) is 10.1. The molecule has 0 saturated carbocycles. The standard InChI is InChI=1S/C34H42N2O12/c1-13-32(44-5)18(35)9-23(45-13)48-33-14(2)46-22(10-19(33)36)47-21-12-34(42,15(3)37)11-17-25(21)31(41)27-26(29(17)39)28(38)16-7-6-8-20(43-4)24(16)30(27)40/h6-8,13-14,18-19,21-23,32-33,39,41-42H,9-12,35-36H2,1-5H3/t13?,14?,18?,19?,21-,22?,23?,32?,33?,34-/m0/s1. The lowest BCUT2D eigenvalue weighted by atomic mass is 9.72. The van der Waals surface area contributed by atoms with Crippen LogP contribution in [0.3, 0.4) is 0 Å². The van der Waals surface area contributed by atoms with Gasteiger partial charge in [0, 0.05) is 61.6 Å². The number of ether oxygens (including phenoxy) is 6. The molecule has 6 rings (SSSR count). The highest BCUT2D eigenvalue weighted by Crippen LogP contribution is 2.52. The predicted molar refractivity (Wildman–Crippen MR) is 167 cm³/mol. The van der Waals surface area contributed by atoms with Crippen LogP contribution in [0.15, 0.2) is 18.2 Å². The Morgan fingerprint density at radius 1 is 0.896 bits per heavy atom. The van der Waals surface area contributed by atoms with Gasteiger partial charge in [-0.25, -0.2) is 0 Å². The number of carbonyl (C=O) groups excluding carboxylic acids is 3. The third kappa shape index (κ3) is 5.59. The molecule has 7 N–H and O–H groups in total. The molecular formula is C34H42N2O12. The molecule has 2 aromatic carbocycles. The Balaban J connectivity index is 1.31.